The van der Waals surface area contributed by atoms with Gasteiger partial charge in [-0.15, -0.1) is 0 Å². The molecule has 1 nitrogen and oxygen atoms in total. The smallest absolute Gasteiger partial charge is 0.0181 e. The molecule has 0 atom stereocenters. The van der Waals surface area contributed by atoms with Crippen LogP contribution in [0.25, 0.3) is 0 Å². The quantitative estimate of drug-likeness (QED) is 0.778. The highest BCUT2D eigenvalue weighted by molar-refractivity contribution is 5.39. The predicted octanol–water partition coefficient (Wildman–Crippen LogP) is 3.39. The number of rotatable bonds is 3. The maximum atomic E-state index is 5.76. The van der Waals surface area contributed by atoms with Crippen LogP contribution in [0.5, 0.6) is 0 Å². The van der Waals surface area contributed by atoms with E-state index in [0.717, 1.165) is 0 Å². The van der Waals surface area contributed by atoms with Gasteiger partial charge >= 0.3 is 0 Å². The van der Waals surface area contributed by atoms with Gasteiger partial charge in [0.25, 0.3) is 0 Å². The summed E-state index contributed by atoms with van der Waals surface area (Å²) >= 11 is 0. The predicted molar refractivity (Wildman–Crippen MR) is 62.5 cm³/mol. The normalized spacial score (nSPS) is 11.4. The number of benzene rings is 1. The van der Waals surface area contributed by atoms with E-state index in [1.165, 1.54) is 16.7 Å². The molecule has 0 aromatic heterocycles. The third-order valence-corrected chi connectivity index (χ3v) is 2.65. The van der Waals surface area contributed by atoms with Crippen molar-refractivity contribution in [3.63, 3.8) is 0 Å². The zero-order valence-corrected chi connectivity index (χ0v) is 9.67. The van der Waals surface area contributed by atoms with Crippen molar-refractivity contribution in [2.45, 2.75) is 46.1 Å². The SMILES string of the molecule is CC(C)c1cccc(CN)c1C(C)C. The second kappa shape index (κ2) is 4.61. The van der Waals surface area contributed by atoms with Crippen LogP contribution in [-0.4, -0.2) is 0 Å². The van der Waals surface area contributed by atoms with Gasteiger partial charge in [-0.3, -0.25) is 0 Å². The highest BCUT2D eigenvalue weighted by atomic mass is 14.5. The Labute approximate surface area is 87.3 Å². The summed E-state index contributed by atoms with van der Waals surface area (Å²) in [5, 5.41) is 0. The van der Waals surface area contributed by atoms with E-state index in [1.807, 2.05) is 0 Å². The first-order chi connectivity index (χ1) is 6.57. The van der Waals surface area contributed by atoms with Crippen LogP contribution in [0.15, 0.2) is 18.2 Å². The maximum Gasteiger partial charge on any atom is 0.0181 e. The van der Waals surface area contributed by atoms with Crippen LogP contribution in [0.4, 0.5) is 0 Å². The van der Waals surface area contributed by atoms with Gasteiger partial charge in [0.15, 0.2) is 0 Å². The molecule has 14 heavy (non-hydrogen) atoms. The van der Waals surface area contributed by atoms with Crippen molar-refractivity contribution in [1.82, 2.24) is 0 Å². The molecule has 0 fully saturated rings. The fourth-order valence-corrected chi connectivity index (χ4v) is 2.02. The first-order valence-corrected chi connectivity index (χ1v) is 5.39. The number of hydrogen-bond acceptors (Lipinski definition) is 1. The van der Waals surface area contributed by atoms with Gasteiger partial charge in [-0.2, -0.15) is 0 Å². The molecule has 0 saturated heterocycles. The van der Waals surface area contributed by atoms with Gasteiger partial charge in [-0.1, -0.05) is 45.9 Å². The van der Waals surface area contributed by atoms with E-state index in [4.69, 9.17) is 5.73 Å². The molecule has 1 aromatic rings. The van der Waals surface area contributed by atoms with E-state index >= 15 is 0 Å². The molecule has 0 unspecified atom stereocenters. The lowest BCUT2D eigenvalue weighted by Crippen LogP contribution is -2.07. The Hall–Kier alpha value is -0.820. The van der Waals surface area contributed by atoms with Crippen molar-refractivity contribution < 1.29 is 0 Å². The molecule has 0 heterocycles. The fourth-order valence-electron chi connectivity index (χ4n) is 2.02. The molecule has 2 N–H and O–H groups in total. The average Bonchev–Trinajstić information content (AvgIpc) is 2.16. The summed E-state index contributed by atoms with van der Waals surface area (Å²) in [6, 6.07) is 6.48. The molecule has 0 bridgehead atoms. The molecule has 0 saturated carbocycles. The second-order valence-corrected chi connectivity index (χ2v) is 4.43. The highest BCUT2D eigenvalue weighted by Gasteiger charge is 2.12. The van der Waals surface area contributed by atoms with Crippen molar-refractivity contribution >= 4 is 0 Å². The Bertz CT molecular complexity index is 300. The minimum atomic E-state index is 0.562. The summed E-state index contributed by atoms with van der Waals surface area (Å²) < 4.78 is 0. The van der Waals surface area contributed by atoms with Crippen molar-refractivity contribution in [3.8, 4) is 0 Å². The summed E-state index contributed by atoms with van der Waals surface area (Å²) in [5.74, 6) is 1.14. The lowest BCUT2D eigenvalue weighted by molar-refractivity contribution is 0.773. The topological polar surface area (TPSA) is 26.0 Å². The minimum Gasteiger partial charge on any atom is -0.326 e. The molecule has 0 spiro atoms. The summed E-state index contributed by atoms with van der Waals surface area (Å²) in [5.41, 5.74) is 9.95. The van der Waals surface area contributed by atoms with E-state index in [-0.39, 0.29) is 0 Å². The zero-order chi connectivity index (χ0) is 10.7. The molecule has 0 radical (unpaired) electrons. The van der Waals surface area contributed by atoms with Crippen molar-refractivity contribution in [3.05, 3.63) is 34.9 Å². The first-order valence-electron chi connectivity index (χ1n) is 5.39. The fraction of sp³-hybridized carbons (Fsp3) is 0.538. The Morgan fingerprint density at radius 1 is 1.07 bits per heavy atom. The number of nitrogens with two attached hydrogens (primary N) is 1. The molecule has 0 aliphatic carbocycles. The molecule has 1 heteroatoms. The monoisotopic (exact) mass is 191 g/mol. The third-order valence-electron chi connectivity index (χ3n) is 2.65. The Morgan fingerprint density at radius 2 is 1.71 bits per heavy atom. The molecule has 78 valence electrons. The zero-order valence-electron chi connectivity index (χ0n) is 9.67. The van der Waals surface area contributed by atoms with Crippen LogP contribution in [0.2, 0.25) is 0 Å². The van der Waals surface area contributed by atoms with Gasteiger partial charge < -0.3 is 5.73 Å². The molecular weight excluding hydrogens is 170 g/mol. The van der Waals surface area contributed by atoms with Crippen LogP contribution >= 0.6 is 0 Å². The van der Waals surface area contributed by atoms with E-state index in [9.17, 15) is 0 Å². The summed E-state index contributed by atoms with van der Waals surface area (Å²) in [7, 11) is 0. The summed E-state index contributed by atoms with van der Waals surface area (Å²) in [4.78, 5) is 0. The summed E-state index contributed by atoms with van der Waals surface area (Å²) in [6.07, 6.45) is 0. The molecule has 0 amide bonds. The van der Waals surface area contributed by atoms with E-state index in [1.54, 1.807) is 0 Å². The molecule has 0 aliphatic rings. The Balaban J connectivity index is 3.28. The Kier molecular flexibility index (Phi) is 3.70. The van der Waals surface area contributed by atoms with Crippen LogP contribution in [0, 0.1) is 0 Å². The van der Waals surface area contributed by atoms with Crippen molar-refractivity contribution in [1.29, 1.82) is 0 Å². The molecule has 1 rings (SSSR count). The van der Waals surface area contributed by atoms with Crippen LogP contribution in [0.3, 0.4) is 0 Å². The van der Waals surface area contributed by atoms with E-state index in [2.05, 4.69) is 45.9 Å². The standard InChI is InChI=1S/C13H21N/c1-9(2)12-7-5-6-11(8-14)13(12)10(3)4/h5-7,9-10H,8,14H2,1-4H3. The van der Waals surface area contributed by atoms with Gasteiger partial charge in [-0.25, -0.2) is 0 Å². The second-order valence-electron chi connectivity index (χ2n) is 4.43. The third kappa shape index (κ3) is 2.16. The van der Waals surface area contributed by atoms with Gasteiger partial charge in [0, 0.05) is 6.54 Å². The average molecular weight is 191 g/mol. The van der Waals surface area contributed by atoms with Crippen molar-refractivity contribution in [2.75, 3.05) is 0 Å². The van der Waals surface area contributed by atoms with Gasteiger partial charge in [0.1, 0.15) is 0 Å². The lowest BCUT2D eigenvalue weighted by atomic mass is 9.87. The molecular formula is C13H21N. The maximum absolute atomic E-state index is 5.76. The summed E-state index contributed by atoms with van der Waals surface area (Å²) in [6.45, 7) is 9.60. The van der Waals surface area contributed by atoms with E-state index < -0.39 is 0 Å². The highest BCUT2D eigenvalue weighted by Crippen LogP contribution is 2.28. The van der Waals surface area contributed by atoms with Crippen LogP contribution in [0.1, 0.15) is 56.2 Å². The van der Waals surface area contributed by atoms with Gasteiger partial charge in [-0.05, 0) is 28.5 Å². The van der Waals surface area contributed by atoms with Crippen LogP contribution < -0.4 is 5.73 Å². The van der Waals surface area contributed by atoms with E-state index in [0.29, 0.717) is 18.4 Å². The van der Waals surface area contributed by atoms with Gasteiger partial charge in [0.05, 0.1) is 0 Å². The minimum absolute atomic E-state index is 0.562. The van der Waals surface area contributed by atoms with Crippen LogP contribution in [-0.2, 0) is 6.54 Å². The number of hydrogen-bond donors (Lipinski definition) is 1. The molecule has 0 aliphatic heterocycles. The lowest BCUT2D eigenvalue weighted by Gasteiger charge is -2.19. The molecule has 1 aromatic carbocycles. The Morgan fingerprint density at radius 3 is 2.14 bits per heavy atom. The first kappa shape index (κ1) is 11.3. The van der Waals surface area contributed by atoms with Gasteiger partial charge in [0.2, 0.25) is 0 Å². The largest absolute Gasteiger partial charge is 0.326 e. The van der Waals surface area contributed by atoms with Crippen molar-refractivity contribution in [2.24, 2.45) is 5.73 Å².